The number of nitrogens with zero attached hydrogens (tertiary/aromatic N) is 3. The van der Waals surface area contributed by atoms with E-state index in [1.54, 1.807) is 0 Å². The Morgan fingerprint density at radius 1 is 0.857 bits per heavy atom. The van der Waals surface area contributed by atoms with Crippen molar-refractivity contribution >= 4 is 28.2 Å². The maximum atomic E-state index is 13.9. The van der Waals surface area contributed by atoms with Gasteiger partial charge in [-0.1, -0.05) is 11.6 Å². The monoisotopic (exact) mass is 403 g/mol. The number of benzene rings is 2. The maximum Gasteiger partial charge on any atom is 0.149 e. The average molecular weight is 404 g/mol. The van der Waals surface area contributed by atoms with E-state index in [0.717, 1.165) is 63.2 Å². The highest BCUT2D eigenvalue weighted by Crippen LogP contribution is 2.22. The van der Waals surface area contributed by atoms with Crippen molar-refractivity contribution in [2.45, 2.75) is 19.4 Å². The van der Waals surface area contributed by atoms with Crippen molar-refractivity contribution in [2.75, 3.05) is 37.6 Å². The third kappa shape index (κ3) is 4.31. The Morgan fingerprint density at radius 2 is 1.64 bits per heavy atom. The Morgan fingerprint density at radius 3 is 2.43 bits per heavy atom. The summed E-state index contributed by atoms with van der Waals surface area (Å²) in [5.41, 5.74) is 1.72. The number of hydrogen-bond acceptors (Lipinski definition) is 2. The van der Waals surface area contributed by atoms with E-state index >= 15 is 0 Å². The number of rotatable bonds is 6. The molecule has 0 saturated carbocycles. The summed E-state index contributed by atoms with van der Waals surface area (Å²) in [5, 5.41) is 1.95. The lowest BCUT2D eigenvalue weighted by Crippen LogP contribution is -2.46. The first-order valence-electron chi connectivity index (χ1n) is 9.77. The molecule has 28 heavy (non-hydrogen) atoms. The molecule has 0 unspecified atom stereocenters. The van der Waals surface area contributed by atoms with Crippen LogP contribution < -0.4 is 4.90 Å². The fraction of sp³-hybridized carbons (Fsp3) is 0.364. The predicted octanol–water partition coefficient (Wildman–Crippen LogP) is 5.18. The zero-order chi connectivity index (χ0) is 19.5. The fourth-order valence-electron chi connectivity index (χ4n) is 3.93. The summed E-state index contributed by atoms with van der Waals surface area (Å²) in [6.45, 7) is 5.39. The topological polar surface area (TPSA) is 11.4 Å². The van der Waals surface area contributed by atoms with Crippen LogP contribution in [0, 0.1) is 11.6 Å². The van der Waals surface area contributed by atoms with Crippen LogP contribution in [0.15, 0.2) is 48.7 Å². The van der Waals surface area contributed by atoms with Gasteiger partial charge in [0.2, 0.25) is 0 Å². The Balaban J connectivity index is 1.22. The second kappa shape index (κ2) is 8.50. The van der Waals surface area contributed by atoms with Crippen molar-refractivity contribution in [1.82, 2.24) is 9.47 Å². The van der Waals surface area contributed by atoms with Gasteiger partial charge in [0.1, 0.15) is 11.6 Å². The maximum absolute atomic E-state index is 13.9. The summed E-state index contributed by atoms with van der Waals surface area (Å²) in [5.74, 6) is -1.01. The summed E-state index contributed by atoms with van der Waals surface area (Å²) in [7, 11) is 0. The number of unbranched alkanes of at least 4 members (excludes halogenated alkanes) is 1. The standard InChI is InChI=1S/C22H24ClF2N3/c23-18-3-5-21-17(15-18)7-10-27(21)9-2-1-8-26-11-13-28(14-12-26)22-6-4-19(24)16-20(22)25/h3-7,10,15-16H,1-2,8-9,11-14H2. The van der Waals surface area contributed by atoms with Gasteiger partial charge in [0.05, 0.1) is 5.69 Å². The van der Waals surface area contributed by atoms with E-state index in [1.165, 1.54) is 23.0 Å². The number of aromatic nitrogens is 1. The molecule has 0 radical (unpaired) electrons. The van der Waals surface area contributed by atoms with Crippen LogP contribution in [0.3, 0.4) is 0 Å². The molecule has 0 bridgehead atoms. The van der Waals surface area contributed by atoms with E-state index in [2.05, 4.69) is 27.8 Å². The zero-order valence-electron chi connectivity index (χ0n) is 15.8. The Hall–Kier alpha value is -2.11. The highest BCUT2D eigenvalue weighted by molar-refractivity contribution is 6.31. The molecule has 0 amide bonds. The van der Waals surface area contributed by atoms with Gasteiger partial charge in [0.15, 0.2) is 0 Å². The number of anilines is 1. The normalized spacial score (nSPS) is 15.5. The summed E-state index contributed by atoms with van der Waals surface area (Å²) >= 11 is 6.05. The molecule has 3 nitrogen and oxygen atoms in total. The van der Waals surface area contributed by atoms with Crippen LogP contribution in [0.4, 0.5) is 14.5 Å². The molecular formula is C22H24ClF2N3. The molecule has 148 valence electrons. The minimum atomic E-state index is -0.529. The average Bonchev–Trinajstić information content (AvgIpc) is 3.08. The molecule has 6 heteroatoms. The zero-order valence-corrected chi connectivity index (χ0v) is 16.5. The van der Waals surface area contributed by atoms with Crippen LogP contribution in [0.2, 0.25) is 5.02 Å². The molecule has 2 heterocycles. The van der Waals surface area contributed by atoms with E-state index in [4.69, 9.17) is 11.6 Å². The first-order chi connectivity index (χ1) is 13.6. The van der Waals surface area contributed by atoms with E-state index < -0.39 is 11.6 Å². The lowest BCUT2D eigenvalue weighted by Gasteiger charge is -2.36. The van der Waals surface area contributed by atoms with Crippen LogP contribution >= 0.6 is 11.6 Å². The first-order valence-corrected chi connectivity index (χ1v) is 10.1. The number of fused-ring (bicyclic) bond motifs is 1. The van der Waals surface area contributed by atoms with E-state index in [-0.39, 0.29) is 0 Å². The van der Waals surface area contributed by atoms with Gasteiger partial charge in [0, 0.05) is 60.9 Å². The first kappa shape index (κ1) is 19.2. The second-order valence-electron chi connectivity index (χ2n) is 7.34. The molecule has 0 atom stereocenters. The van der Waals surface area contributed by atoms with Crippen molar-refractivity contribution in [3.05, 3.63) is 65.3 Å². The molecule has 0 N–H and O–H groups in total. The largest absolute Gasteiger partial charge is 0.367 e. The summed E-state index contributed by atoms with van der Waals surface area (Å²) in [6, 6.07) is 11.9. The van der Waals surface area contributed by atoms with Gasteiger partial charge in [-0.25, -0.2) is 8.78 Å². The molecule has 1 aliphatic rings. The molecule has 0 aliphatic carbocycles. The van der Waals surface area contributed by atoms with Crippen molar-refractivity contribution in [3.8, 4) is 0 Å². The predicted molar refractivity (Wildman–Crippen MR) is 111 cm³/mol. The van der Waals surface area contributed by atoms with Gasteiger partial charge in [-0.3, -0.25) is 4.90 Å². The van der Waals surface area contributed by atoms with Crippen molar-refractivity contribution in [3.63, 3.8) is 0 Å². The lowest BCUT2D eigenvalue weighted by molar-refractivity contribution is 0.251. The summed E-state index contributed by atoms with van der Waals surface area (Å²) < 4.78 is 29.3. The van der Waals surface area contributed by atoms with Gasteiger partial charge in [-0.05, 0) is 55.8 Å². The van der Waals surface area contributed by atoms with Crippen molar-refractivity contribution in [1.29, 1.82) is 0 Å². The van der Waals surface area contributed by atoms with E-state index in [1.807, 2.05) is 17.0 Å². The minimum absolute atomic E-state index is 0.478. The summed E-state index contributed by atoms with van der Waals surface area (Å²) in [6.07, 6.45) is 4.36. The molecule has 0 spiro atoms. The third-order valence-electron chi connectivity index (χ3n) is 5.48. The van der Waals surface area contributed by atoms with Crippen LogP contribution in [0.1, 0.15) is 12.8 Å². The number of piperazine rings is 1. The molecule has 1 aliphatic heterocycles. The van der Waals surface area contributed by atoms with Crippen molar-refractivity contribution < 1.29 is 8.78 Å². The number of aryl methyl sites for hydroxylation is 1. The second-order valence-corrected chi connectivity index (χ2v) is 7.78. The summed E-state index contributed by atoms with van der Waals surface area (Å²) in [4.78, 5) is 4.42. The molecule has 1 saturated heterocycles. The Bertz CT molecular complexity index is 948. The van der Waals surface area contributed by atoms with E-state index in [9.17, 15) is 8.78 Å². The van der Waals surface area contributed by atoms with Crippen LogP contribution in [0.5, 0.6) is 0 Å². The van der Waals surface area contributed by atoms with Gasteiger partial charge in [0.25, 0.3) is 0 Å². The fourth-order valence-corrected chi connectivity index (χ4v) is 4.11. The van der Waals surface area contributed by atoms with Crippen molar-refractivity contribution in [2.24, 2.45) is 0 Å². The SMILES string of the molecule is Fc1ccc(N2CCN(CCCCn3ccc4cc(Cl)ccc43)CC2)c(F)c1. The van der Waals surface area contributed by atoms with Gasteiger partial charge >= 0.3 is 0 Å². The molecule has 1 fully saturated rings. The van der Waals surface area contributed by atoms with Crippen LogP contribution in [0.25, 0.3) is 10.9 Å². The highest BCUT2D eigenvalue weighted by atomic mass is 35.5. The molecular weight excluding hydrogens is 380 g/mol. The van der Waals surface area contributed by atoms with Gasteiger partial charge < -0.3 is 9.47 Å². The van der Waals surface area contributed by atoms with Gasteiger partial charge in [-0.15, -0.1) is 0 Å². The Kier molecular flexibility index (Phi) is 5.83. The quantitative estimate of drug-likeness (QED) is 0.526. The smallest absolute Gasteiger partial charge is 0.149 e. The van der Waals surface area contributed by atoms with Gasteiger partial charge in [-0.2, -0.15) is 0 Å². The van der Waals surface area contributed by atoms with E-state index in [0.29, 0.717) is 5.69 Å². The number of hydrogen-bond donors (Lipinski definition) is 0. The molecule has 3 aromatic rings. The highest BCUT2D eigenvalue weighted by Gasteiger charge is 2.19. The molecule has 2 aromatic carbocycles. The third-order valence-corrected chi connectivity index (χ3v) is 5.71. The lowest BCUT2D eigenvalue weighted by atomic mass is 10.2. The van der Waals surface area contributed by atoms with Crippen LogP contribution in [-0.2, 0) is 6.54 Å². The number of halogens is 3. The molecule has 1 aromatic heterocycles. The van der Waals surface area contributed by atoms with Crippen LogP contribution in [-0.4, -0.2) is 42.2 Å². The minimum Gasteiger partial charge on any atom is -0.367 e. The molecule has 4 rings (SSSR count). The Labute approximate surface area is 169 Å².